The third-order valence-corrected chi connectivity index (χ3v) is 11.3. The average Bonchev–Trinajstić information content (AvgIpc) is 3.30. The Morgan fingerprint density at radius 1 is 0.207 bits per heavy atom. The molecule has 270 valence electrons. The van der Waals surface area contributed by atoms with Gasteiger partial charge in [-0.15, -0.1) is 0 Å². The highest BCUT2D eigenvalue weighted by molar-refractivity contribution is 6.05. The van der Waals surface area contributed by atoms with E-state index >= 15 is 0 Å². The van der Waals surface area contributed by atoms with Crippen molar-refractivity contribution in [1.82, 2.24) is 15.0 Å². The zero-order chi connectivity index (χ0) is 38.4. The van der Waals surface area contributed by atoms with E-state index in [9.17, 15) is 0 Å². The summed E-state index contributed by atoms with van der Waals surface area (Å²) in [7, 11) is 0. The van der Waals surface area contributed by atoms with E-state index in [0.717, 1.165) is 44.0 Å². The Morgan fingerprint density at radius 3 is 1.52 bits per heavy atom. The molecule has 0 saturated heterocycles. The standard InChI is InChI=1S/C55H35N3/c1-2-15-37(16-3-1)44-25-12-28-50-48(44)27-13-29-52(50)55-57-53(56-54(58-55)51-23-9-8-22-49(51)47-26-10-19-38-17-6-7-21-43(38)47)42-32-33-46-40(35-42)20-11-24-45(46)41-31-30-36-14-4-5-18-39(36)34-41/h1-35H. The molecule has 58 heavy (non-hydrogen) atoms. The van der Waals surface area contributed by atoms with Crippen molar-refractivity contribution in [3.8, 4) is 67.5 Å². The van der Waals surface area contributed by atoms with Crippen LogP contribution < -0.4 is 0 Å². The highest BCUT2D eigenvalue weighted by atomic mass is 15.0. The smallest absolute Gasteiger partial charge is 0.164 e. The molecule has 0 bridgehead atoms. The Balaban J connectivity index is 1.12. The van der Waals surface area contributed by atoms with Crippen molar-refractivity contribution in [2.24, 2.45) is 0 Å². The topological polar surface area (TPSA) is 38.7 Å². The van der Waals surface area contributed by atoms with E-state index in [0.29, 0.717) is 17.5 Å². The van der Waals surface area contributed by atoms with Gasteiger partial charge in [-0.25, -0.2) is 15.0 Å². The molecular weight excluding hydrogens is 703 g/mol. The molecule has 0 fully saturated rings. The van der Waals surface area contributed by atoms with Crippen molar-refractivity contribution in [2.75, 3.05) is 0 Å². The summed E-state index contributed by atoms with van der Waals surface area (Å²) < 4.78 is 0. The number of benzene rings is 10. The molecule has 0 aliphatic heterocycles. The van der Waals surface area contributed by atoms with Crippen LogP contribution in [0.3, 0.4) is 0 Å². The van der Waals surface area contributed by atoms with Gasteiger partial charge in [0, 0.05) is 16.7 Å². The van der Waals surface area contributed by atoms with E-state index < -0.39 is 0 Å². The van der Waals surface area contributed by atoms with Gasteiger partial charge in [0.2, 0.25) is 0 Å². The molecule has 0 spiro atoms. The summed E-state index contributed by atoms with van der Waals surface area (Å²) >= 11 is 0. The molecule has 0 amide bonds. The van der Waals surface area contributed by atoms with Crippen LogP contribution in [0.2, 0.25) is 0 Å². The van der Waals surface area contributed by atoms with E-state index in [1.807, 2.05) is 0 Å². The molecule has 0 aliphatic rings. The van der Waals surface area contributed by atoms with Crippen LogP contribution in [0.1, 0.15) is 0 Å². The fourth-order valence-corrected chi connectivity index (χ4v) is 8.52. The second kappa shape index (κ2) is 14.1. The van der Waals surface area contributed by atoms with E-state index in [1.54, 1.807) is 0 Å². The Morgan fingerprint density at radius 2 is 0.690 bits per heavy atom. The zero-order valence-corrected chi connectivity index (χ0v) is 31.5. The van der Waals surface area contributed by atoms with E-state index in [4.69, 9.17) is 15.0 Å². The summed E-state index contributed by atoms with van der Waals surface area (Å²) in [4.78, 5) is 16.0. The van der Waals surface area contributed by atoms with Crippen molar-refractivity contribution in [3.63, 3.8) is 0 Å². The van der Waals surface area contributed by atoms with Gasteiger partial charge in [0.25, 0.3) is 0 Å². The van der Waals surface area contributed by atoms with Crippen LogP contribution >= 0.6 is 0 Å². The molecular formula is C55H35N3. The number of nitrogens with zero attached hydrogens (tertiary/aromatic N) is 3. The fourth-order valence-electron chi connectivity index (χ4n) is 8.52. The molecule has 3 nitrogen and oxygen atoms in total. The van der Waals surface area contributed by atoms with Gasteiger partial charge >= 0.3 is 0 Å². The van der Waals surface area contributed by atoms with Crippen molar-refractivity contribution in [3.05, 3.63) is 212 Å². The summed E-state index contributed by atoms with van der Waals surface area (Å²) in [6, 6.07) is 75.3. The third-order valence-electron chi connectivity index (χ3n) is 11.3. The number of rotatable bonds is 6. The fraction of sp³-hybridized carbons (Fsp3) is 0. The summed E-state index contributed by atoms with van der Waals surface area (Å²) in [5.41, 5.74) is 9.79. The van der Waals surface area contributed by atoms with E-state index in [1.165, 1.54) is 49.2 Å². The lowest BCUT2D eigenvalue weighted by Gasteiger charge is -2.15. The summed E-state index contributed by atoms with van der Waals surface area (Å²) in [5.74, 6) is 1.89. The number of aromatic nitrogens is 3. The summed E-state index contributed by atoms with van der Waals surface area (Å²) in [6.45, 7) is 0. The molecule has 10 aromatic carbocycles. The van der Waals surface area contributed by atoms with Crippen LogP contribution in [-0.2, 0) is 0 Å². The van der Waals surface area contributed by atoms with Crippen molar-refractivity contribution >= 4 is 43.1 Å². The minimum atomic E-state index is 0.627. The monoisotopic (exact) mass is 737 g/mol. The van der Waals surface area contributed by atoms with Gasteiger partial charge in [-0.1, -0.05) is 200 Å². The second-order valence-electron chi connectivity index (χ2n) is 14.8. The summed E-state index contributed by atoms with van der Waals surface area (Å²) in [6.07, 6.45) is 0. The van der Waals surface area contributed by atoms with Gasteiger partial charge in [-0.3, -0.25) is 0 Å². The van der Waals surface area contributed by atoms with Crippen LogP contribution in [0.4, 0.5) is 0 Å². The first kappa shape index (κ1) is 33.6. The largest absolute Gasteiger partial charge is 0.208 e. The van der Waals surface area contributed by atoms with Gasteiger partial charge in [-0.2, -0.15) is 0 Å². The first-order valence-corrected chi connectivity index (χ1v) is 19.7. The lowest BCUT2D eigenvalue weighted by Crippen LogP contribution is -2.01. The van der Waals surface area contributed by atoms with Gasteiger partial charge in [-0.05, 0) is 88.6 Å². The Labute approximate surface area is 336 Å². The van der Waals surface area contributed by atoms with Crippen molar-refractivity contribution in [1.29, 1.82) is 0 Å². The molecule has 3 heteroatoms. The molecule has 0 N–H and O–H groups in total. The Hall–Kier alpha value is -7.75. The first-order valence-electron chi connectivity index (χ1n) is 19.7. The summed E-state index contributed by atoms with van der Waals surface area (Å²) in [5, 5.41) is 9.39. The van der Waals surface area contributed by atoms with Crippen LogP contribution in [0.15, 0.2) is 212 Å². The van der Waals surface area contributed by atoms with E-state index in [-0.39, 0.29) is 0 Å². The molecule has 0 saturated carbocycles. The average molecular weight is 738 g/mol. The maximum Gasteiger partial charge on any atom is 0.164 e. The number of fused-ring (bicyclic) bond motifs is 4. The van der Waals surface area contributed by atoms with Crippen LogP contribution in [-0.4, -0.2) is 15.0 Å². The maximum atomic E-state index is 5.34. The Kier molecular flexibility index (Phi) is 8.15. The minimum Gasteiger partial charge on any atom is -0.208 e. The first-order chi connectivity index (χ1) is 28.7. The molecule has 11 rings (SSSR count). The molecule has 0 aliphatic carbocycles. The number of hydrogen-bond donors (Lipinski definition) is 0. The quantitative estimate of drug-likeness (QED) is 0.171. The highest BCUT2D eigenvalue weighted by Gasteiger charge is 2.19. The van der Waals surface area contributed by atoms with Crippen molar-refractivity contribution in [2.45, 2.75) is 0 Å². The molecule has 0 atom stereocenters. The molecule has 0 radical (unpaired) electrons. The highest BCUT2D eigenvalue weighted by Crippen LogP contribution is 2.39. The van der Waals surface area contributed by atoms with Crippen LogP contribution in [0.5, 0.6) is 0 Å². The maximum absolute atomic E-state index is 5.34. The van der Waals surface area contributed by atoms with Crippen molar-refractivity contribution < 1.29 is 0 Å². The molecule has 1 aromatic heterocycles. The molecule has 1 heterocycles. The Bertz CT molecular complexity index is 3340. The lowest BCUT2D eigenvalue weighted by atomic mass is 9.94. The normalized spacial score (nSPS) is 11.4. The minimum absolute atomic E-state index is 0.627. The van der Waals surface area contributed by atoms with Gasteiger partial charge < -0.3 is 0 Å². The molecule has 11 aromatic rings. The number of hydrogen-bond acceptors (Lipinski definition) is 3. The van der Waals surface area contributed by atoms with E-state index in [2.05, 4.69) is 212 Å². The second-order valence-corrected chi connectivity index (χ2v) is 14.8. The molecule has 0 unspecified atom stereocenters. The van der Waals surface area contributed by atoms with Gasteiger partial charge in [0.1, 0.15) is 0 Å². The predicted molar refractivity (Wildman–Crippen MR) is 242 cm³/mol. The van der Waals surface area contributed by atoms with Gasteiger partial charge in [0.05, 0.1) is 0 Å². The predicted octanol–water partition coefficient (Wildman–Crippen LogP) is 14.5. The van der Waals surface area contributed by atoms with Crippen LogP contribution in [0, 0.1) is 0 Å². The zero-order valence-electron chi connectivity index (χ0n) is 31.5. The van der Waals surface area contributed by atoms with Crippen LogP contribution in [0.25, 0.3) is 111 Å². The van der Waals surface area contributed by atoms with Gasteiger partial charge in [0.15, 0.2) is 17.5 Å². The SMILES string of the molecule is c1ccc(-c2cccc3c(-c4nc(-c5ccc6c(-c7ccc8ccccc8c7)cccc6c5)nc(-c5ccccc5-c5cccc6ccccc56)n4)cccc23)cc1. The lowest BCUT2D eigenvalue weighted by molar-refractivity contribution is 1.08. The third kappa shape index (κ3) is 5.89.